The number of halogens is 4. The van der Waals surface area contributed by atoms with Crippen molar-refractivity contribution in [3.05, 3.63) is 32.9 Å². The van der Waals surface area contributed by atoms with Crippen molar-refractivity contribution in [1.82, 2.24) is 4.90 Å². The molecule has 0 saturated carbocycles. The van der Waals surface area contributed by atoms with Gasteiger partial charge in [-0.25, -0.2) is 0 Å². The molecule has 2 rings (SSSR count). The highest BCUT2D eigenvalue weighted by atomic mass is 127. The van der Waals surface area contributed by atoms with E-state index in [1.54, 1.807) is 6.07 Å². The van der Waals surface area contributed by atoms with Crippen LogP contribution in [-0.2, 0) is 6.42 Å². The molecule has 0 bridgehead atoms. The average molecular weight is 369 g/mol. The van der Waals surface area contributed by atoms with Crippen LogP contribution in [0.1, 0.15) is 22.3 Å². The van der Waals surface area contributed by atoms with E-state index in [-0.39, 0.29) is 12.5 Å². The molecule has 6 heteroatoms. The topological polar surface area (TPSA) is 20.3 Å². The normalized spacial score (nSPS) is 15.8. The van der Waals surface area contributed by atoms with Crippen LogP contribution >= 0.6 is 22.6 Å². The maximum Gasteiger partial charge on any atom is 0.390 e. The summed E-state index contributed by atoms with van der Waals surface area (Å²) in [5, 5.41) is 0. The number of carbonyl (C=O) groups is 1. The maximum atomic E-state index is 12.2. The van der Waals surface area contributed by atoms with E-state index in [1.165, 1.54) is 4.90 Å². The van der Waals surface area contributed by atoms with Crippen molar-refractivity contribution in [2.45, 2.75) is 19.0 Å². The number of amides is 1. The fraction of sp³-hybridized carbons (Fsp3) is 0.417. The molecule has 2 nitrogen and oxygen atoms in total. The van der Waals surface area contributed by atoms with Crippen LogP contribution in [0.3, 0.4) is 0 Å². The molecule has 0 atom stereocenters. The summed E-state index contributed by atoms with van der Waals surface area (Å²) in [6.45, 7) is 0.107. The minimum absolute atomic E-state index is 0.257. The number of alkyl halides is 3. The fourth-order valence-electron chi connectivity index (χ4n) is 1.97. The Kier molecular flexibility index (Phi) is 3.84. The second-order valence-electron chi connectivity index (χ2n) is 4.21. The number of benzene rings is 1. The van der Waals surface area contributed by atoms with E-state index in [0.717, 1.165) is 9.13 Å². The second kappa shape index (κ2) is 5.07. The first-order chi connectivity index (χ1) is 8.37. The Morgan fingerprint density at radius 1 is 1.33 bits per heavy atom. The molecule has 0 spiro atoms. The lowest BCUT2D eigenvalue weighted by Gasteiger charge is -2.29. The third-order valence-corrected chi connectivity index (χ3v) is 3.58. The van der Waals surface area contributed by atoms with Crippen molar-refractivity contribution in [3.8, 4) is 0 Å². The molecule has 1 heterocycles. The number of rotatable bonds is 2. The molecule has 1 aliphatic heterocycles. The van der Waals surface area contributed by atoms with Crippen molar-refractivity contribution in [1.29, 1.82) is 0 Å². The lowest BCUT2D eigenvalue weighted by molar-refractivity contribution is -0.136. The molecule has 1 amide bonds. The van der Waals surface area contributed by atoms with Gasteiger partial charge in [0, 0.05) is 22.2 Å². The largest absolute Gasteiger partial charge is 0.390 e. The van der Waals surface area contributed by atoms with Crippen LogP contribution in [0.15, 0.2) is 18.2 Å². The number of nitrogens with zero attached hydrogens (tertiary/aromatic N) is 1. The van der Waals surface area contributed by atoms with Crippen molar-refractivity contribution >= 4 is 28.5 Å². The minimum atomic E-state index is -4.22. The molecule has 0 aliphatic carbocycles. The van der Waals surface area contributed by atoms with Crippen molar-refractivity contribution in [3.63, 3.8) is 0 Å². The van der Waals surface area contributed by atoms with E-state index in [1.807, 2.05) is 12.1 Å². The van der Waals surface area contributed by atoms with Crippen molar-refractivity contribution in [2.24, 2.45) is 0 Å². The molecule has 0 aromatic heterocycles. The van der Waals surface area contributed by atoms with E-state index >= 15 is 0 Å². The molecular formula is C12H11F3INO. The molecule has 1 aliphatic rings. The number of carbonyl (C=O) groups excluding carboxylic acids is 1. The highest BCUT2D eigenvalue weighted by molar-refractivity contribution is 14.1. The summed E-state index contributed by atoms with van der Waals surface area (Å²) in [6.07, 6.45) is -4.54. The summed E-state index contributed by atoms with van der Waals surface area (Å²) in [5.74, 6) is -0.293. The van der Waals surface area contributed by atoms with Gasteiger partial charge in [-0.05, 0) is 46.7 Å². The zero-order chi connectivity index (χ0) is 13.3. The molecule has 0 N–H and O–H groups in total. The predicted molar refractivity (Wildman–Crippen MR) is 69.4 cm³/mol. The summed E-state index contributed by atoms with van der Waals surface area (Å²) in [4.78, 5) is 13.3. The number of fused-ring (bicyclic) bond motifs is 1. The predicted octanol–water partition coefficient (Wildman–Crippen LogP) is 3.24. The Morgan fingerprint density at radius 2 is 2.06 bits per heavy atom. The van der Waals surface area contributed by atoms with Gasteiger partial charge in [0.25, 0.3) is 5.91 Å². The van der Waals surface area contributed by atoms with Crippen LogP contribution < -0.4 is 0 Å². The van der Waals surface area contributed by atoms with E-state index in [2.05, 4.69) is 22.6 Å². The molecule has 98 valence electrons. The van der Waals surface area contributed by atoms with Gasteiger partial charge in [0.1, 0.15) is 0 Å². The summed E-state index contributed by atoms with van der Waals surface area (Å²) < 4.78 is 37.4. The maximum absolute atomic E-state index is 12.2. The summed E-state index contributed by atoms with van der Waals surface area (Å²) >= 11 is 2.09. The van der Waals surface area contributed by atoms with Gasteiger partial charge in [0.05, 0.1) is 6.42 Å². The number of hydrogen-bond acceptors (Lipinski definition) is 1. The Balaban J connectivity index is 2.13. The highest BCUT2D eigenvalue weighted by Crippen LogP contribution is 2.24. The third-order valence-electron chi connectivity index (χ3n) is 2.91. The van der Waals surface area contributed by atoms with E-state index < -0.39 is 12.6 Å². The average Bonchev–Trinajstić information content (AvgIpc) is 2.28. The summed E-state index contributed by atoms with van der Waals surface area (Å²) in [6, 6.07) is 5.51. The minimum Gasteiger partial charge on any atom is -0.338 e. The Labute approximate surface area is 116 Å². The van der Waals surface area contributed by atoms with Gasteiger partial charge in [0.15, 0.2) is 0 Å². The lowest BCUT2D eigenvalue weighted by Crippen LogP contribution is -2.39. The smallest absolute Gasteiger partial charge is 0.338 e. The quantitative estimate of drug-likeness (QED) is 0.734. The van der Waals surface area contributed by atoms with Crippen LogP contribution in [0.2, 0.25) is 0 Å². The summed E-state index contributed by atoms with van der Waals surface area (Å²) in [5.41, 5.74) is 1.46. The molecule has 1 aromatic carbocycles. The zero-order valence-corrected chi connectivity index (χ0v) is 11.6. The molecule has 0 unspecified atom stereocenters. The Morgan fingerprint density at radius 3 is 2.72 bits per heavy atom. The SMILES string of the molecule is O=C1c2cc(I)ccc2CCN1CCC(F)(F)F. The molecule has 0 radical (unpaired) electrons. The Hall–Kier alpha value is -0.790. The van der Waals surface area contributed by atoms with Gasteiger partial charge >= 0.3 is 6.18 Å². The molecule has 18 heavy (non-hydrogen) atoms. The molecular weight excluding hydrogens is 358 g/mol. The van der Waals surface area contributed by atoms with Gasteiger partial charge in [0.2, 0.25) is 0 Å². The molecule has 0 saturated heterocycles. The second-order valence-corrected chi connectivity index (χ2v) is 5.45. The lowest BCUT2D eigenvalue weighted by atomic mass is 9.99. The first-order valence-electron chi connectivity index (χ1n) is 5.51. The van der Waals surface area contributed by atoms with Gasteiger partial charge < -0.3 is 4.90 Å². The highest BCUT2D eigenvalue weighted by Gasteiger charge is 2.31. The van der Waals surface area contributed by atoms with Crippen LogP contribution in [0, 0.1) is 3.57 Å². The van der Waals surface area contributed by atoms with Gasteiger partial charge in [-0.1, -0.05) is 6.07 Å². The van der Waals surface area contributed by atoms with Gasteiger partial charge in [-0.2, -0.15) is 13.2 Å². The summed E-state index contributed by atoms with van der Waals surface area (Å²) in [7, 11) is 0. The molecule has 1 aromatic rings. The number of hydrogen-bond donors (Lipinski definition) is 0. The standard InChI is InChI=1S/C12H11F3INO/c13-12(14,15)4-6-17-5-3-8-1-2-9(16)7-10(8)11(17)18/h1-2,7H,3-6H2. The monoisotopic (exact) mass is 369 g/mol. The first-order valence-corrected chi connectivity index (χ1v) is 6.59. The van der Waals surface area contributed by atoms with Gasteiger partial charge in [-0.3, -0.25) is 4.79 Å². The van der Waals surface area contributed by atoms with Crippen LogP contribution in [0.5, 0.6) is 0 Å². The molecule has 0 fully saturated rings. The van der Waals surface area contributed by atoms with Crippen molar-refractivity contribution in [2.75, 3.05) is 13.1 Å². The van der Waals surface area contributed by atoms with Crippen LogP contribution in [0.4, 0.5) is 13.2 Å². The Bertz CT molecular complexity index is 473. The van der Waals surface area contributed by atoms with Gasteiger partial charge in [-0.15, -0.1) is 0 Å². The van der Waals surface area contributed by atoms with Crippen molar-refractivity contribution < 1.29 is 18.0 Å². The fourth-order valence-corrected chi connectivity index (χ4v) is 2.46. The van der Waals surface area contributed by atoms with E-state index in [4.69, 9.17) is 0 Å². The zero-order valence-electron chi connectivity index (χ0n) is 9.43. The van der Waals surface area contributed by atoms with E-state index in [9.17, 15) is 18.0 Å². The van der Waals surface area contributed by atoms with Crippen LogP contribution in [0.25, 0.3) is 0 Å². The van der Waals surface area contributed by atoms with E-state index in [0.29, 0.717) is 18.5 Å². The third kappa shape index (κ3) is 3.15. The first kappa shape index (κ1) is 13.6. The van der Waals surface area contributed by atoms with Crippen LogP contribution in [-0.4, -0.2) is 30.1 Å².